The van der Waals surface area contributed by atoms with E-state index in [1.807, 2.05) is 30.3 Å². The number of aromatic nitrogens is 1. The quantitative estimate of drug-likeness (QED) is 0.510. The van der Waals surface area contributed by atoms with Gasteiger partial charge in [-0.25, -0.2) is 5.43 Å². The summed E-state index contributed by atoms with van der Waals surface area (Å²) in [5.74, 6) is -0.731. The van der Waals surface area contributed by atoms with Crippen LogP contribution in [0.3, 0.4) is 0 Å². The number of nitrogens with one attached hydrogen (secondary N) is 1. The van der Waals surface area contributed by atoms with Gasteiger partial charge in [0, 0.05) is 32.7 Å². The predicted octanol–water partition coefficient (Wildman–Crippen LogP) is 2.65. The van der Waals surface area contributed by atoms with E-state index in [4.69, 9.17) is 5.73 Å². The largest absolute Gasteiger partial charge is 0.368 e. The molecule has 3 rings (SSSR count). The molecular weight excluding hydrogens is 384 g/mol. The van der Waals surface area contributed by atoms with Crippen LogP contribution in [-0.2, 0) is 11.3 Å². The van der Waals surface area contributed by atoms with E-state index in [1.54, 1.807) is 35.2 Å². The number of primary amides is 1. The molecule has 3 aromatic rings. The molecule has 0 fully saturated rings. The fraction of sp³-hybridized carbons (Fsp3) is 0.0556. The number of halogens is 1. The summed E-state index contributed by atoms with van der Waals surface area (Å²) in [6.07, 6.45) is 3.33. The first-order valence-corrected chi connectivity index (χ1v) is 8.29. The third kappa shape index (κ3) is 3.95. The van der Waals surface area contributed by atoms with Crippen LogP contribution in [0.15, 0.2) is 64.3 Å². The Bertz CT molecular complexity index is 978. The number of rotatable bonds is 5. The van der Waals surface area contributed by atoms with Gasteiger partial charge in [0.1, 0.15) is 6.54 Å². The Labute approximate surface area is 152 Å². The van der Waals surface area contributed by atoms with Crippen LogP contribution >= 0.6 is 15.9 Å². The molecular formula is C18H15BrN4O2. The number of fused-ring (bicyclic) bond motifs is 1. The predicted molar refractivity (Wildman–Crippen MR) is 100 cm³/mol. The van der Waals surface area contributed by atoms with Crippen LogP contribution < -0.4 is 11.2 Å². The van der Waals surface area contributed by atoms with Crippen molar-refractivity contribution >= 4 is 44.9 Å². The summed E-state index contributed by atoms with van der Waals surface area (Å²) in [4.78, 5) is 23.3. The first kappa shape index (κ1) is 16.9. The number of carbonyl (C=O) groups excluding carboxylic acids is 2. The maximum Gasteiger partial charge on any atom is 0.271 e. The zero-order chi connectivity index (χ0) is 17.8. The Morgan fingerprint density at radius 3 is 2.76 bits per heavy atom. The number of nitrogens with two attached hydrogens (primary N) is 1. The lowest BCUT2D eigenvalue weighted by molar-refractivity contribution is -0.118. The van der Waals surface area contributed by atoms with Gasteiger partial charge in [-0.1, -0.05) is 40.2 Å². The van der Waals surface area contributed by atoms with Crippen molar-refractivity contribution < 1.29 is 9.59 Å². The Balaban J connectivity index is 1.81. The summed E-state index contributed by atoms with van der Waals surface area (Å²) in [5, 5.41) is 4.94. The maximum absolute atomic E-state index is 12.1. The van der Waals surface area contributed by atoms with Crippen molar-refractivity contribution in [3.05, 3.63) is 70.3 Å². The van der Waals surface area contributed by atoms with E-state index < -0.39 is 5.91 Å². The minimum absolute atomic E-state index is 0.0821. The van der Waals surface area contributed by atoms with E-state index in [9.17, 15) is 9.59 Å². The van der Waals surface area contributed by atoms with Crippen LogP contribution in [0.4, 0.5) is 0 Å². The SMILES string of the molecule is NC(=O)Cn1cc(/C=N/NC(=O)c2cccc(Br)c2)c2ccccc21. The number of para-hydroxylation sites is 1. The highest BCUT2D eigenvalue weighted by molar-refractivity contribution is 9.10. The average Bonchev–Trinajstić information content (AvgIpc) is 2.92. The normalized spacial score (nSPS) is 11.1. The van der Waals surface area contributed by atoms with E-state index in [2.05, 4.69) is 26.5 Å². The van der Waals surface area contributed by atoms with Gasteiger partial charge in [0.05, 0.1) is 6.21 Å². The highest BCUT2D eigenvalue weighted by Crippen LogP contribution is 2.19. The highest BCUT2D eigenvalue weighted by atomic mass is 79.9. The number of amides is 2. The van der Waals surface area contributed by atoms with Crippen LogP contribution in [0.5, 0.6) is 0 Å². The Morgan fingerprint density at radius 1 is 1.20 bits per heavy atom. The number of nitrogens with zero attached hydrogens (tertiary/aromatic N) is 2. The molecule has 0 aliphatic rings. The van der Waals surface area contributed by atoms with Gasteiger partial charge in [-0.15, -0.1) is 0 Å². The molecule has 3 N–H and O–H groups in total. The van der Waals surface area contributed by atoms with Crippen molar-refractivity contribution in [1.29, 1.82) is 0 Å². The molecule has 6 nitrogen and oxygen atoms in total. The second kappa shape index (κ2) is 7.31. The number of hydrogen-bond acceptors (Lipinski definition) is 3. The van der Waals surface area contributed by atoms with E-state index in [0.29, 0.717) is 5.56 Å². The average molecular weight is 399 g/mol. The first-order chi connectivity index (χ1) is 12.0. The molecule has 0 aliphatic carbocycles. The molecule has 0 radical (unpaired) electrons. The van der Waals surface area contributed by atoms with Gasteiger partial charge in [-0.3, -0.25) is 9.59 Å². The van der Waals surface area contributed by atoms with E-state index in [1.165, 1.54) is 0 Å². The number of hydrogen-bond donors (Lipinski definition) is 2. The third-order valence-electron chi connectivity index (χ3n) is 3.60. The fourth-order valence-electron chi connectivity index (χ4n) is 2.53. The minimum atomic E-state index is -0.424. The number of hydrazone groups is 1. The second-order valence-electron chi connectivity index (χ2n) is 5.41. The van der Waals surface area contributed by atoms with Crippen LogP contribution in [0, 0.1) is 0 Å². The first-order valence-electron chi connectivity index (χ1n) is 7.50. The molecule has 2 aromatic carbocycles. The monoisotopic (exact) mass is 398 g/mol. The molecule has 0 atom stereocenters. The lowest BCUT2D eigenvalue weighted by atomic mass is 10.2. The minimum Gasteiger partial charge on any atom is -0.368 e. The summed E-state index contributed by atoms with van der Waals surface area (Å²) < 4.78 is 2.58. The van der Waals surface area contributed by atoms with Crippen LogP contribution in [0.2, 0.25) is 0 Å². The van der Waals surface area contributed by atoms with Crippen LogP contribution in [-0.4, -0.2) is 22.6 Å². The number of benzene rings is 2. The molecule has 0 bridgehead atoms. The van der Waals surface area contributed by atoms with Gasteiger partial charge in [0.2, 0.25) is 5.91 Å². The summed E-state index contributed by atoms with van der Waals surface area (Å²) >= 11 is 3.33. The fourth-order valence-corrected chi connectivity index (χ4v) is 2.93. The third-order valence-corrected chi connectivity index (χ3v) is 4.10. The zero-order valence-corrected chi connectivity index (χ0v) is 14.7. The van der Waals surface area contributed by atoms with Gasteiger partial charge in [0.25, 0.3) is 5.91 Å². The lowest BCUT2D eigenvalue weighted by Gasteiger charge is -2.00. The van der Waals surface area contributed by atoms with Crippen molar-refractivity contribution in [3.8, 4) is 0 Å². The van der Waals surface area contributed by atoms with Gasteiger partial charge in [-0.05, 0) is 24.3 Å². The topological polar surface area (TPSA) is 89.5 Å². The van der Waals surface area contributed by atoms with Crippen molar-refractivity contribution in [2.24, 2.45) is 10.8 Å². The summed E-state index contributed by atoms with van der Waals surface area (Å²) in [6.45, 7) is 0.0821. The van der Waals surface area contributed by atoms with Gasteiger partial charge >= 0.3 is 0 Å². The molecule has 1 heterocycles. The van der Waals surface area contributed by atoms with Crippen molar-refractivity contribution in [1.82, 2.24) is 9.99 Å². The van der Waals surface area contributed by atoms with Crippen LogP contribution in [0.1, 0.15) is 15.9 Å². The van der Waals surface area contributed by atoms with Crippen LogP contribution in [0.25, 0.3) is 10.9 Å². The van der Waals surface area contributed by atoms with Crippen molar-refractivity contribution in [2.45, 2.75) is 6.54 Å². The lowest BCUT2D eigenvalue weighted by Crippen LogP contribution is -2.18. The summed E-state index contributed by atoms with van der Waals surface area (Å²) in [5.41, 5.74) is 9.95. The Kier molecular flexibility index (Phi) is 4.95. The van der Waals surface area contributed by atoms with Gasteiger partial charge in [-0.2, -0.15) is 5.10 Å². The molecule has 126 valence electrons. The standard InChI is InChI=1S/C18H15BrN4O2/c19-14-5-3-4-12(8-14)18(25)22-21-9-13-10-23(11-17(20)24)16-7-2-1-6-15(13)16/h1-10H,11H2,(H2,20,24)(H,22,25)/b21-9+. The second-order valence-corrected chi connectivity index (χ2v) is 6.32. The Hall–Kier alpha value is -2.93. The Morgan fingerprint density at radius 2 is 2.00 bits per heavy atom. The van der Waals surface area contributed by atoms with Crippen molar-refractivity contribution in [2.75, 3.05) is 0 Å². The zero-order valence-electron chi connectivity index (χ0n) is 13.1. The summed E-state index contributed by atoms with van der Waals surface area (Å²) in [7, 11) is 0. The van der Waals surface area contributed by atoms with Gasteiger partial charge < -0.3 is 10.3 Å². The molecule has 7 heteroatoms. The highest BCUT2D eigenvalue weighted by Gasteiger charge is 2.08. The number of carbonyl (C=O) groups is 2. The molecule has 0 unspecified atom stereocenters. The molecule has 0 spiro atoms. The summed E-state index contributed by atoms with van der Waals surface area (Å²) in [6, 6.07) is 14.6. The molecule has 0 saturated heterocycles. The van der Waals surface area contributed by atoms with Gasteiger partial charge in [0.15, 0.2) is 0 Å². The smallest absolute Gasteiger partial charge is 0.271 e. The molecule has 0 saturated carbocycles. The van der Waals surface area contributed by atoms with Crippen molar-refractivity contribution in [3.63, 3.8) is 0 Å². The molecule has 1 aromatic heterocycles. The maximum atomic E-state index is 12.1. The van der Waals surface area contributed by atoms with E-state index in [0.717, 1.165) is 20.9 Å². The molecule has 25 heavy (non-hydrogen) atoms. The van der Waals surface area contributed by atoms with E-state index >= 15 is 0 Å². The molecule has 2 amide bonds. The van der Waals surface area contributed by atoms with E-state index in [-0.39, 0.29) is 12.5 Å². The molecule has 0 aliphatic heterocycles.